The largest absolute Gasteiger partial charge is 0.447 e. The molecule has 1 unspecified atom stereocenters. The molecule has 1 aromatic rings. The number of nitrogens with zero attached hydrogens (tertiary/aromatic N) is 2. The van der Waals surface area contributed by atoms with Crippen molar-refractivity contribution in [2.45, 2.75) is 50.2 Å². The average Bonchev–Trinajstić information content (AvgIpc) is 2.97. The van der Waals surface area contributed by atoms with E-state index in [1.54, 1.807) is 12.1 Å². The molecule has 2 aliphatic rings. The summed E-state index contributed by atoms with van der Waals surface area (Å²) in [5, 5.41) is 0. The molecular weight excluding hydrogens is 352 g/mol. The molecule has 2 heterocycles. The number of cyclic esters (lactones) is 1. The lowest BCUT2D eigenvalue weighted by Crippen LogP contribution is -2.49. The van der Waals surface area contributed by atoms with Crippen LogP contribution in [0.1, 0.15) is 32.3 Å². The standard InChI is InChI=1S/C19H28N2O4S/c1-14(2)18-13-25-19(22)21(18)16-8-10-20(11-9-16)12-15-4-6-17(7-5-15)26(3,23)24/h4-7,14,16,18H,8-13H2,1-3H3. The first-order valence-corrected chi connectivity index (χ1v) is 11.1. The molecule has 2 saturated heterocycles. The van der Waals surface area contributed by atoms with Gasteiger partial charge in [-0.3, -0.25) is 9.80 Å². The minimum atomic E-state index is -3.15. The van der Waals surface area contributed by atoms with Crippen LogP contribution in [0.4, 0.5) is 4.79 Å². The van der Waals surface area contributed by atoms with Crippen molar-refractivity contribution >= 4 is 15.9 Å². The molecule has 1 atom stereocenters. The van der Waals surface area contributed by atoms with Crippen LogP contribution >= 0.6 is 0 Å². The van der Waals surface area contributed by atoms with Gasteiger partial charge in [-0.1, -0.05) is 26.0 Å². The summed E-state index contributed by atoms with van der Waals surface area (Å²) in [5.74, 6) is 0.396. The molecule has 6 nitrogen and oxygen atoms in total. The molecule has 0 bridgehead atoms. The summed E-state index contributed by atoms with van der Waals surface area (Å²) in [6.07, 6.45) is 2.94. The zero-order valence-corrected chi connectivity index (χ0v) is 16.5. The first-order valence-electron chi connectivity index (χ1n) is 9.22. The third-order valence-corrected chi connectivity index (χ3v) is 6.55. The van der Waals surface area contributed by atoms with Gasteiger partial charge in [-0.25, -0.2) is 13.2 Å². The van der Waals surface area contributed by atoms with Gasteiger partial charge in [-0.05, 0) is 36.5 Å². The monoisotopic (exact) mass is 380 g/mol. The molecule has 7 heteroatoms. The Morgan fingerprint density at radius 3 is 2.31 bits per heavy atom. The Labute approximate surface area is 156 Å². The Bertz CT molecular complexity index is 737. The minimum absolute atomic E-state index is 0.168. The second kappa shape index (κ2) is 7.56. The van der Waals surface area contributed by atoms with Crippen LogP contribution in [0.25, 0.3) is 0 Å². The van der Waals surface area contributed by atoms with Gasteiger partial charge in [0.2, 0.25) is 0 Å². The Morgan fingerprint density at radius 1 is 1.15 bits per heavy atom. The number of sulfone groups is 1. The summed E-state index contributed by atoms with van der Waals surface area (Å²) in [7, 11) is -3.15. The van der Waals surface area contributed by atoms with Gasteiger partial charge >= 0.3 is 6.09 Å². The van der Waals surface area contributed by atoms with Crippen LogP contribution < -0.4 is 0 Å². The number of likely N-dealkylation sites (tertiary alicyclic amines) is 1. The van der Waals surface area contributed by atoms with Crippen LogP contribution in [-0.4, -0.2) is 62.3 Å². The molecular formula is C19H28N2O4S. The minimum Gasteiger partial charge on any atom is -0.447 e. The normalized spacial score (nSPS) is 22.8. The van der Waals surface area contributed by atoms with Gasteiger partial charge in [-0.15, -0.1) is 0 Å². The Kier molecular flexibility index (Phi) is 5.58. The van der Waals surface area contributed by atoms with E-state index in [2.05, 4.69) is 18.7 Å². The number of hydrogen-bond acceptors (Lipinski definition) is 5. The second-order valence-electron chi connectivity index (χ2n) is 7.72. The lowest BCUT2D eigenvalue weighted by Gasteiger charge is -2.38. The van der Waals surface area contributed by atoms with E-state index in [4.69, 9.17) is 4.74 Å². The predicted octanol–water partition coefficient (Wildman–Crippen LogP) is 2.53. The molecule has 0 aliphatic carbocycles. The van der Waals surface area contributed by atoms with Crippen LogP contribution in [0.2, 0.25) is 0 Å². The highest BCUT2D eigenvalue weighted by Gasteiger charge is 2.40. The number of benzene rings is 1. The molecule has 2 fully saturated rings. The van der Waals surface area contributed by atoms with E-state index in [0.717, 1.165) is 38.0 Å². The number of amides is 1. The molecule has 1 amide bonds. The summed E-state index contributed by atoms with van der Waals surface area (Å²) < 4.78 is 28.4. The highest BCUT2D eigenvalue weighted by Crippen LogP contribution is 2.28. The molecule has 0 saturated carbocycles. The number of ether oxygens (including phenoxy) is 1. The maximum atomic E-state index is 12.1. The van der Waals surface area contributed by atoms with Crippen molar-refractivity contribution < 1.29 is 17.9 Å². The fraction of sp³-hybridized carbons (Fsp3) is 0.632. The van der Waals surface area contributed by atoms with Gasteiger partial charge in [0.05, 0.1) is 10.9 Å². The topological polar surface area (TPSA) is 66.9 Å². The molecule has 0 spiro atoms. The van der Waals surface area contributed by atoms with Gasteiger partial charge in [0.1, 0.15) is 6.61 Å². The summed E-state index contributed by atoms with van der Waals surface area (Å²) in [6, 6.07) is 7.55. The van der Waals surface area contributed by atoms with Gasteiger partial charge < -0.3 is 4.74 Å². The first-order chi connectivity index (χ1) is 12.3. The molecule has 26 heavy (non-hydrogen) atoms. The van der Waals surface area contributed by atoms with E-state index in [-0.39, 0.29) is 18.2 Å². The summed E-state index contributed by atoms with van der Waals surface area (Å²) in [4.78, 5) is 16.8. The van der Waals surface area contributed by atoms with E-state index in [1.165, 1.54) is 6.26 Å². The quantitative estimate of drug-likeness (QED) is 0.785. The Balaban J connectivity index is 1.56. The van der Waals surface area contributed by atoms with E-state index in [0.29, 0.717) is 17.4 Å². The highest BCUT2D eigenvalue weighted by molar-refractivity contribution is 7.90. The van der Waals surface area contributed by atoms with E-state index >= 15 is 0 Å². The third-order valence-electron chi connectivity index (χ3n) is 5.42. The van der Waals surface area contributed by atoms with Crippen molar-refractivity contribution in [2.75, 3.05) is 26.0 Å². The first kappa shape index (κ1) is 19.2. The van der Waals surface area contributed by atoms with E-state index in [9.17, 15) is 13.2 Å². The number of piperidine rings is 1. The smallest absolute Gasteiger partial charge is 0.410 e. The maximum Gasteiger partial charge on any atom is 0.410 e. The molecule has 0 radical (unpaired) electrons. The van der Waals surface area contributed by atoms with Crippen LogP contribution in [0.5, 0.6) is 0 Å². The van der Waals surface area contributed by atoms with E-state index in [1.807, 2.05) is 17.0 Å². The van der Waals surface area contributed by atoms with Crippen molar-refractivity contribution in [3.8, 4) is 0 Å². The molecule has 1 aromatic carbocycles. The summed E-state index contributed by atoms with van der Waals surface area (Å²) >= 11 is 0. The third kappa shape index (κ3) is 4.20. The van der Waals surface area contributed by atoms with Gasteiger partial charge in [0, 0.05) is 31.9 Å². The second-order valence-corrected chi connectivity index (χ2v) is 9.73. The Hall–Kier alpha value is -1.60. The maximum absolute atomic E-state index is 12.1. The van der Waals surface area contributed by atoms with Crippen molar-refractivity contribution in [1.82, 2.24) is 9.80 Å². The van der Waals surface area contributed by atoms with Gasteiger partial charge in [0.15, 0.2) is 9.84 Å². The van der Waals surface area contributed by atoms with Crippen molar-refractivity contribution in [2.24, 2.45) is 5.92 Å². The van der Waals surface area contributed by atoms with Gasteiger partial charge in [-0.2, -0.15) is 0 Å². The molecule has 3 rings (SSSR count). The number of hydrogen-bond donors (Lipinski definition) is 0. The zero-order chi connectivity index (χ0) is 18.9. The van der Waals surface area contributed by atoms with E-state index < -0.39 is 9.84 Å². The van der Waals surface area contributed by atoms with Crippen molar-refractivity contribution in [3.05, 3.63) is 29.8 Å². The average molecular weight is 381 g/mol. The Morgan fingerprint density at radius 2 is 1.77 bits per heavy atom. The number of rotatable bonds is 5. The van der Waals surface area contributed by atoms with Crippen LogP contribution in [-0.2, 0) is 21.1 Å². The number of carbonyl (C=O) groups is 1. The van der Waals surface area contributed by atoms with Crippen molar-refractivity contribution in [3.63, 3.8) is 0 Å². The SMILES string of the molecule is CC(C)C1COC(=O)N1C1CCN(Cc2ccc(S(C)(=O)=O)cc2)CC1. The molecule has 144 valence electrons. The predicted molar refractivity (Wildman–Crippen MR) is 99.7 cm³/mol. The molecule has 0 N–H and O–H groups in total. The lowest BCUT2D eigenvalue weighted by molar-refractivity contribution is 0.0955. The summed E-state index contributed by atoms with van der Waals surface area (Å²) in [5.41, 5.74) is 1.11. The molecule has 0 aromatic heterocycles. The molecule has 2 aliphatic heterocycles. The summed E-state index contributed by atoms with van der Waals surface area (Å²) in [6.45, 7) is 7.42. The fourth-order valence-corrected chi connectivity index (χ4v) is 4.47. The number of carbonyl (C=O) groups excluding carboxylic acids is 1. The zero-order valence-electron chi connectivity index (χ0n) is 15.7. The van der Waals surface area contributed by atoms with Crippen LogP contribution in [0.3, 0.4) is 0 Å². The fourth-order valence-electron chi connectivity index (χ4n) is 3.84. The lowest BCUT2D eigenvalue weighted by atomic mass is 9.97. The van der Waals surface area contributed by atoms with Crippen LogP contribution in [0, 0.1) is 5.92 Å². The highest BCUT2D eigenvalue weighted by atomic mass is 32.2. The van der Waals surface area contributed by atoms with Crippen molar-refractivity contribution in [1.29, 1.82) is 0 Å². The van der Waals surface area contributed by atoms with Gasteiger partial charge in [0.25, 0.3) is 0 Å². The van der Waals surface area contributed by atoms with Crippen LogP contribution in [0.15, 0.2) is 29.2 Å².